The first-order chi connectivity index (χ1) is 16.5. The molecule has 1 aliphatic rings. The summed E-state index contributed by atoms with van der Waals surface area (Å²) in [6.45, 7) is 4.93. The van der Waals surface area contributed by atoms with Crippen LogP contribution in [-0.4, -0.2) is 39.8 Å². The molecule has 170 valence electrons. The standard InChI is InChI=1S/C28H24FN3O2/c1-17-27(18(2)34-30-17)20-8-10-23-24-12-21(28(33)31-15-22(29)16-31)9-11-25(24)32(26(23)13-20)14-19-6-4-3-5-7-19/h3-13,22H,14-16H2,1-2H3. The SMILES string of the molecule is Cc1noc(C)c1-c1ccc2c3cc(C(=O)N4CC(F)C4)ccc3n(Cc3ccccc3)c2c1. The highest BCUT2D eigenvalue weighted by Gasteiger charge is 2.31. The Labute approximate surface area is 196 Å². The maximum atomic E-state index is 13.3. The van der Waals surface area contributed by atoms with Crippen LogP contribution in [0.5, 0.6) is 0 Å². The zero-order valence-electron chi connectivity index (χ0n) is 19.1. The fraction of sp³-hybridized carbons (Fsp3) is 0.214. The normalized spacial score (nSPS) is 14.1. The quantitative estimate of drug-likeness (QED) is 0.340. The number of hydrogen-bond donors (Lipinski definition) is 0. The third-order valence-electron chi connectivity index (χ3n) is 6.74. The van der Waals surface area contributed by atoms with Gasteiger partial charge in [0.2, 0.25) is 0 Å². The van der Waals surface area contributed by atoms with Gasteiger partial charge in [0, 0.05) is 34.0 Å². The number of fused-ring (bicyclic) bond motifs is 3. The lowest BCUT2D eigenvalue weighted by Crippen LogP contribution is -2.51. The van der Waals surface area contributed by atoms with Crippen molar-refractivity contribution in [3.05, 3.63) is 89.3 Å². The lowest BCUT2D eigenvalue weighted by molar-refractivity contribution is 0.0400. The van der Waals surface area contributed by atoms with Gasteiger partial charge < -0.3 is 14.0 Å². The number of amides is 1. The summed E-state index contributed by atoms with van der Waals surface area (Å²) in [7, 11) is 0. The molecule has 1 fully saturated rings. The van der Waals surface area contributed by atoms with Gasteiger partial charge in [-0.25, -0.2) is 4.39 Å². The molecule has 0 aliphatic carbocycles. The highest BCUT2D eigenvalue weighted by Crippen LogP contribution is 2.36. The van der Waals surface area contributed by atoms with Gasteiger partial charge in [-0.1, -0.05) is 47.6 Å². The van der Waals surface area contributed by atoms with Crippen molar-refractivity contribution in [3.63, 3.8) is 0 Å². The molecule has 0 bridgehead atoms. The highest BCUT2D eigenvalue weighted by atomic mass is 19.1. The van der Waals surface area contributed by atoms with Crippen LogP contribution in [0.15, 0.2) is 71.3 Å². The third-order valence-corrected chi connectivity index (χ3v) is 6.74. The smallest absolute Gasteiger partial charge is 0.254 e. The molecule has 34 heavy (non-hydrogen) atoms. The van der Waals surface area contributed by atoms with E-state index in [2.05, 4.69) is 40.1 Å². The Hall–Kier alpha value is -3.93. The molecule has 0 saturated carbocycles. The zero-order valence-corrected chi connectivity index (χ0v) is 19.1. The average molecular weight is 454 g/mol. The number of rotatable bonds is 4. The van der Waals surface area contributed by atoms with Crippen molar-refractivity contribution in [1.29, 1.82) is 0 Å². The minimum atomic E-state index is -0.914. The number of carbonyl (C=O) groups is 1. The van der Waals surface area contributed by atoms with Crippen molar-refractivity contribution in [3.8, 4) is 11.1 Å². The second-order valence-electron chi connectivity index (χ2n) is 9.04. The summed E-state index contributed by atoms with van der Waals surface area (Å²) in [5, 5.41) is 6.21. The molecule has 0 radical (unpaired) electrons. The summed E-state index contributed by atoms with van der Waals surface area (Å²) >= 11 is 0. The Morgan fingerprint density at radius 1 is 1.00 bits per heavy atom. The Balaban J connectivity index is 1.54. The fourth-order valence-corrected chi connectivity index (χ4v) is 4.99. The van der Waals surface area contributed by atoms with Crippen LogP contribution >= 0.6 is 0 Å². The van der Waals surface area contributed by atoms with Gasteiger partial charge in [0.25, 0.3) is 5.91 Å². The Morgan fingerprint density at radius 2 is 1.79 bits per heavy atom. The molecular formula is C28H24FN3O2. The van der Waals surface area contributed by atoms with Gasteiger partial charge in [0.05, 0.1) is 24.3 Å². The van der Waals surface area contributed by atoms with E-state index >= 15 is 0 Å². The van der Waals surface area contributed by atoms with Gasteiger partial charge in [-0.3, -0.25) is 4.79 Å². The molecule has 6 rings (SSSR count). The van der Waals surface area contributed by atoms with E-state index in [-0.39, 0.29) is 19.0 Å². The molecule has 1 amide bonds. The number of alkyl halides is 1. The van der Waals surface area contributed by atoms with E-state index in [4.69, 9.17) is 4.52 Å². The van der Waals surface area contributed by atoms with Crippen LogP contribution in [0.4, 0.5) is 4.39 Å². The molecule has 3 heterocycles. The van der Waals surface area contributed by atoms with Crippen molar-refractivity contribution < 1.29 is 13.7 Å². The minimum Gasteiger partial charge on any atom is -0.361 e. The average Bonchev–Trinajstić information content (AvgIpc) is 3.32. The van der Waals surface area contributed by atoms with Crippen molar-refractivity contribution in [2.45, 2.75) is 26.6 Å². The third kappa shape index (κ3) is 3.29. The van der Waals surface area contributed by atoms with Crippen molar-refractivity contribution in [2.24, 2.45) is 0 Å². The zero-order chi connectivity index (χ0) is 23.4. The van der Waals surface area contributed by atoms with Gasteiger partial charge in [-0.15, -0.1) is 0 Å². The first-order valence-electron chi connectivity index (χ1n) is 11.5. The van der Waals surface area contributed by atoms with Gasteiger partial charge in [0.15, 0.2) is 0 Å². The Morgan fingerprint density at radius 3 is 2.50 bits per heavy atom. The van der Waals surface area contributed by atoms with Crippen LogP contribution in [0.2, 0.25) is 0 Å². The maximum Gasteiger partial charge on any atom is 0.254 e. The van der Waals surface area contributed by atoms with Crippen LogP contribution in [-0.2, 0) is 6.54 Å². The first-order valence-corrected chi connectivity index (χ1v) is 11.5. The van der Waals surface area contributed by atoms with Crippen LogP contribution in [0.1, 0.15) is 27.4 Å². The topological polar surface area (TPSA) is 51.3 Å². The van der Waals surface area contributed by atoms with E-state index in [0.29, 0.717) is 12.1 Å². The molecular weight excluding hydrogens is 429 g/mol. The van der Waals surface area contributed by atoms with Gasteiger partial charge in [-0.05, 0) is 49.2 Å². The summed E-state index contributed by atoms with van der Waals surface area (Å²) in [6, 6.07) is 22.5. The monoisotopic (exact) mass is 453 g/mol. The van der Waals surface area contributed by atoms with Crippen molar-refractivity contribution in [2.75, 3.05) is 13.1 Å². The summed E-state index contributed by atoms with van der Waals surface area (Å²) < 4.78 is 21.0. The number of aryl methyl sites for hydroxylation is 2. The molecule has 0 spiro atoms. The molecule has 2 aromatic heterocycles. The molecule has 5 aromatic rings. The van der Waals surface area contributed by atoms with Crippen LogP contribution in [0.25, 0.3) is 32.9 Å². The van der Waals surface area contributed by atoms with E-state index < -0.39 is 6.17 Å². The molecule has 0 unspecified atom stereocenters. The van der Waals surface area contributed by atoms with Crippen LogP contribution in [0.3, 0.4) is 0 Å². The minimum absolute atomic E-state index is 0.118. The van der Waals surface area contributed by atoms with Crippen LogP contribution in [0, 0.1) is 13.8 Å². The molecule has 0 atom stereocenters. The number of likely N-dealkylation sites (tertiary alicyclic amines) is 1. The molecule has 1 aliphatic heterocycles. The van der Waals surface area contributed by atoms with E-state index in [1.165, 1.54) is 5.56 Å². The lowest BCUT2D eigenvalue weighted by atomic mass is 10.0. The predicted molar refractivity (Wildman–Crippen MR) is 131 cm³/mol. The number of benzene rings is 3. The van der Waals surface area contributed by atoms with Gasteiger partial charge >= 0.3 is 0 Å². The van der Waals surface area contributed by atoms with Crippen LogP contribution < -0.4 is 0 Å². The number of aromatic nitrogens is 2. The molecule has 0 N–H and O–H groups in total. The molecule has 6 heteroatoms. The Bertz CT molecular complexity index is 1530. The number of nitrogens with zero attached hydrogens (tertiary/aromatic N) is 3. The summed E-state index contributed by atoms with van der Waals surface area (Å²) in [4.78, 5) is 14.4. The number of halogens is 1. The summed E-state index contributed by atoms with van der Waals surface area (Å²) in [5.74, 6) is 0.670. The number of hydrogen-bond acceptors (Lipinski definition) is 3. The van der Waals surface area contributed by atoms with E-state index in [0.717, 1.165) is 44.4 Å². The van der Waals surface area contributed by atoms with Gasteiger partial charge in [0.1, 0.15) is 11.9 Å². The first kappa shape index (κ1) is 20.7. The molecule has 1 saturated heterocycles. The summed E-state index contributed by atoms with van der Waals surface area (Å²) in [6.07, 6.45) is -0.914. The number of carbonyl (C=O) groups excluding carboxylic acids is 1. The summed E-state index contributed by atoms with van der Waals surface area (Å²) in [5.41, 5.74) is 6.83. The van der Waals surface area contributed by atoms with E-state index in [1.54, 1.807) is 4.90 Å². The van der Waals surface area contributed by atoms with Gasteiger partial charge in [-0.2, -0.15) is 0 Å². The second-order valence-corrected chi connectivity index (χ2v) is 9.04. The van der Waals surface area contributed by atoms with E-state index in [9.17, 15) is 9.18 Å². The maximum absolute atomic E-state index is 13.3. The molecule has 5 nitrogen and oxygen atoms in total. The Kier molecular flexibility index (Phi) is 4.76. The largest absolute Gasteiger partial charge is 0.361 e. The lowest BCUT2D eigenvalue weighted by Gasteiger charge is -2.34. The fourth-order valence-electron chi connectivity index (χ4n) is 4.99. The van der Waals surface area contributed by atoms with Crippen molar-refractivity contribution >= 4 is 27.7 Å². The second kappa shape index (κ2) is 7.83. The molecule has 3 aromatic carbocycles. The van der Waals surface area contributed by atoms with Crippen molar-refractivity contribution in [1.82, 2.24) is 14.6 Å². The predicted octanol–water partition coefficient (Wildman–Crippen LogP) is 5.91. The highest BCUT2D eigenvalue weighted by molar-refractivity contribution is 6.11. The van der Waals surface area contributed by atoms with E-state index in [1.807, 2.05) is 50.2 Å².